The van der Waals surface area contributed by atoms with Gasteiger partial charge in [-0.25, -0.2) is 0 Å². The van der Waals surface area contributed by atoms with Gasteiger partial charge in [0.15, 0.2) is 0 Å². The van der Waals surface area contributed by atoms with Gasteiger partial charge in [0, 0.05) is 41.9 Å². The summed E-state index contributed by atoms with van der Waals surface area (Å²) >= 11 is 0. The lowest BCUT2D eigenvalue weighted by Gasteiger charge is -2.28. The molecular weight excluding hydrogens is 1050 g/mol. The molecule has 2 saturated carbocycles. The summed E-state index contributed by atoms with van der Waals surface area (Å²) in [5.74, 6) is -2.94. The summed E-state index contributed by atoms with van der Waals surface area (Å²) in [6, 6.07) is 46.6. The predicted molar refractivity (Wildman–Crippen MR) is 320 cm³/mol. The van der Waals surface area contributed by atoms with Crippen LogP contribution in [0.1, 0.15) is 141 Å². The summed E-state index contributed by atoms with van der Waals surface area (Å²) < 4.78 is 21.9. The van der Waals surface area contributed by atoms with Gasteiger partial charge in [0.25, 0.3) is 0 Å². The number of esters is 4. The van der Waals surface area contributed by atoms with E-state index in [4.69, 9.17) is 24.7 Å². The van der Waals surface area contributed by atoms with Crippen LogP contribution in [0.25, 0.3) is 22.5 Å². The van der Waals surface area contributed by atoms with Crippen LogP contribution < -0.4 is 5.73 Å². The van der Waals surface area contributed by atoms with E-state index >= 15 is 0 Å². The van der Waals surface area contributed by atoms with Crippen LogP contribution in [-0.4, -0.2) is 68.5 Å². The maximum atomic E-state index is 13.7. The number of ketones is 1. The minimum atomic E-state index is -0.895. The zero-order valence-corrected chi connectivity index (χ0v) is 49.2. The van der Waals surface area contributed by atoms with E-state index in [-0.39, 0.29) is 68.6 Å². The van der Waals surface area contributed by atoms with E-state index in [9.17, 15) is 33.9 Å². The van der Waals surface area contributed by atoms with Gasteiger partial charge in [-0.1, -0.05) is 147 Å². The van der Waals surface area contributed by atoms with Crippen molar-refractivity contribution in [1.82, 2.24) is 9.97 Å². The van der Waals surface area contributed by atoms with E-state index in [1.54, 1.807) is 12.4 Å². The number of hydrogen-bond acceptors (Lipinski definition) is 13. The lowest BCUT2D eigenvalue weighted by atomic mass is 9.76. The fourth-order valence-electron chi connectivity index (χ4n) is 10.4. The number of carbonyl (C=O) groups excluding carboxylic acids is 5. The van der Waals surface area contributed by atoms with Crippen LogP contribution in [0.2, 0.25) is 0 Å². The lowest BCUT2D eigenvalue weighted by molar-refractivity contribution is -0.161. The van der Waals surface area contributed by atoms with Crippen LogP contribution >= 0.6 is 0 Å². The van der Waals surface area contributed by atoms with Gasteiger partial charge < -0.3 is 29.8 Å². The summed E-state index contributed by atoms with van der Waals surface area (Å²) in [6.45, 7) is 11.8. The molecule has 2 heterocycles. The average Bonchev–Trinajstić information content (AvgIpc) is 4.23. The van der Waals surface area contributed by atoms with Crippen molar-refractivity contribution in [2.24, 2.45) is 28.4 Å². The number of benzene rings is 4. The number of aliphatic carboxylic acids is 1. The van der Waals surface area contributed by atoms with Crippen molar-refractivity contribution < 1.29 is 52.8 Å². The van der Waals surface area contributed by atoms with Crippen molar-refractivity contribution in [2.45, 2.75) is 156 Å². The number of nitrogens with zero attached hydrogens (tertiary/aromatic N) is 2. The van der Waals surface area contributed by atoms with Crippen molar-refractivity contribution in [3.8, 4) is 22.5 Å². The fraction of sp³-hybridized carbons (Fsp3) is 0.420. The number of aromatic nitrogens is 2. The van der Waals surface area contributed by atoms with Crippen LogP contribution in [0, 0.1) is 22.7 Å². The molecule has 8 rings (SSSR count). The highest BCUT2D eigenvalue weighted by Gasteiger charge is 2.44. The summed E-state index contributed by atoms with van der Waals surface area (Å²) in [6.07, 6.45) is 11.3. The molecule has 2 aliphatic carbocycles. The zero-order chi connectivity index (χ0) is 59.9. The number of nitrogens with two attached hydrogens (primary N) is 1. The molecule has 4 aromatic carbocycles. The first kappa shape index (κ1) is 64.3. The lowest BCUT2D eigenvalue weighted by Crippen LogP contribution is -2.34. The molecule has 2 aliphatic rings. The summed E-state index contributed by atoms with van der Waals surface area (Å²) in [5, 5.41) is 9.29. The van der Waals surface area contributed by atoms with Gasteiger partial charge in [-0.3, -0.25) is 38.7 Å². The maximum absolute atomic E-state index is 13.7. The van der Waals surface area contributed by atoms with Gasteiger partial charge in [0.1, 0.15) is 30.2 Å². The quantitative estimate of drug-likeness (QED) is 0.0478. The Labute approximate surface area is 489 Å². The zero-order valence-electron chi connectivity index (χ0n) is 49.2. The molecule has 2 atom stereocenters. The van der Waals surface area contributed by atoms with Gasteiger partial charge in [-0.05, 0) is 133 Å². The summed E-state index contributed by atoms with van der Waals surface area (Å²) in [5.41, 5.74) is 10.8. The molecule has 6 aromatic rings. The normalized spacial score (nSPS) is 14.9. The third kappa shape index (κ3) is 21.1. The Hall–Kier alpha value is -7.84. The van der Waals surface area contributed by atoms with E-state index in [1.165, 1.54) is 0 Å². The molecule has 0 amide bonds. The van der Waals surface area contributed by atoms with Gasteiger partial charge in [0.05, 0.1) is 41.5 Å². The second kappa shape index (κ2) is 31.0. The highest BCUT2D eigenvalue weighted by molar-refractivity contribution is 5.90. The van der Waals surface area contributed by atoms with Crippen LogP contribution in [0.4, 0.5) is 0 Å². The fourth-order valence-corrected chi connectivity index (χ4v) is 10.4. The molecule has 2 aromatic heterocycles. The standard InChI is InChI=1S/C35H41NO5.C19H24N2O2.C15H18O4/c1-34(2,3)41-33(39)29(23-26-14-16-28(17-15-26)30-13-7-10-22-36-30)18-19-31(37)35(20-8-9-21-35)24-32(38)40-25-27-11-5-4-6-12-27;1-19(2,3)23-18(22)16(13-20)12-14-7-9-15(10-8-14)17-6-4-5-11-21-17;16-13(19-11-12-6-2-1-3-7-12)10-15(14(17)18)8-4-5-9-15/h4-7,10-17,22,29H,8-9,18-21,23-25H2,1-3H3;4-11,16H,12-13,20H2,1-3H3;1-3,6-7H,4-5,8-11H2,(H,17,18). The van der Waals surface area contributed by atoms with Gasteiger partial charge in [-0.2, -0.15) is 0 Å². The predicted octanol–water partition coefficient (Wildman–Crippen LogP) is 13.3. The Morgan fingerprint density at radius 1 is 0.506 bits per heavy atom. The molecular formula is C69H83N3O11. The Bertz CT molecular complexity index is 2980. The molecule has 0 bridgehead atoms. The number of pyridine rings is 2. The van der Waals surface area contributed by atoms with E-state index in [0.717, 1.165) is 70.5 Å². The highest BCUT2D eigenvalue weighted by Crippen LogP contribution is 2.44. The number of hydrogen-bond donors (Lipinski definition) is 2. The van der Waals surface area contributed by atoms with Crippen molar-refractivity contribution in [3.63, 3.8) is 0 Å². The number of carboxylic acid groups (broad SMARTS) is 1. The SMILES string of the molecule is CC(C)(C)OC(=O)C(CCC(=O)C1(CC(=O)OCc2ccccc2)CCCC1)Cc1ccc(-c2ccccn2)cc1.CC(C)(C)OC(=O)C(CN)Cc1ccc(-c2ccccn2)cc1.O=C(CC1(C(=O)O)CCCC1)OCc1ccccc1. The van der Waals surface area contributed by atoms with E-state index in [2.05, 4.69) is 9.97 Å². The van der Waals surface area contributed by atoms with Crippen molar-refractivity contribution in [1.29, 1.82) is 0 Å². The molecule has 0 aliphatic heterocycles. The van der Waals surface area contributed by atoms with E-state index < -0.39 is 39.9 Å². The van der Waals surface area contributed by atoms with Gasteiger partial charge >= 0.3 is 29.8 Å². The first-order valence-corrected chi connectivity index (χ1v) is 29.0. The van der Waals surface area contributed by atoms with Gasteiger partial charge in [-0.15, -0.1) is 0 Å². The Morgan fingerprint density at radius 3 is 1.28 bits per heavy atom. The largest absolute Gasteiger partial charge is 0.481 e. The van der Waals surface area contributed by atoms with Crippen LogP contribution in [0.3, 0.4) is 0 Å². The van der Waals surface area contributed by atoms with Crippen LogP contribution in [-0.2, 0) is 73.8 Å². The van der Waals surface area contributed by atoms with Crippen molar-refractivity contribution in [3.05, 3.63) is 180 Å². The first-order chi connectivity index (χ1) is 39.6. The van der Waals surface area contributed by atoms with E-state index in [0.29, 0.717) is 44.9 Å². The van der Waals surface area contributed by atoms with Crippen molar-refractivity contribution >= 4 is 35.6 Å². The summed E-state index contributed by atoms with van der Waals surface area (Å²) in [4.78, 5) is 83.8. The topological polar surface area (TPSA) is 211 Å². The maximum Gasteiger partial charge on any atom is 0.311 e. The number of rotatable bonds is 22. The second-order valence-corrected chi connectivity index (χ2v) is 23.8. The Balaban J connectivity index is 0.000000221. The second-order valence-electron chi connectivity index (χ2n) is 23.8. The molecule has 2 unspecified atom stereocenters. The summed E-state index contributed by atoms with van der Waals surface area (Å²) in [7, 11) is 0. The molecule has 440 valence electrons. The van der Waals surface area contributed by atoms with Crippen LogP contribution in [0.15, 0.2) is 158 Å². The Morgan fingerprint density at radius 2 is 0.892 bits per heavy atom. The third-order valence-electron chi connectivity index (χ3n) is 14.9. The molecule has 0 spiro atoms. The van der Waals surface area contributed by atoms with E-state index in [1.807, 2.05) is 187 Å². The van der Waals surface area contributed by atoms with Crippen molar-refractivity contribution in [2.75, 3.05) is 6.54 Å². The van der Waals surface area contributed by atoms with Gasteiger partial charge in [0.2, 0.25) is 0 Å². The highest BCUT2D eigenvalue weighted by atomic mass is 16.6. The molecule has 3 N–H and O–H groups in total. The number of Topliss-reactive ketones (excluding diaryl/α,β-unsaturated/α-hetero) is 1. The molecule has 2 fully saturated rings. The smallest absolute Gasteiger partial charge is 0.311 e. The molecule has 83 heavy (non-hydrogen) atoms. The third-order valence-corrected chi connectivity index (χ3v) is 14.9. The molecule has 0 saturated heterocycles. The average molecular weight is 1130 g/mol. The molecule has 14 heteroatoms. The molecule has 0 radical (unpaired) electrons. The number of ether oxygens (including phenoxy) is 4. The Kier molecular flexibility index (Phi) is 24.0. The minimum absolute atomic E-state index is 0.0187. The number of carboxylic acids is 1. The minimum Gasteiger partial charge on any atom is -0.481 e. The van der Waals surface area contributed by atoms with Crippen LogP contribution in [0.5, 0.6) is 0 Å². The molecule has 14 nitrogen and oxygen atoms in total. The first-order valence-electron chi connectivity index (χ1n) is 29.0. The number of carbonyl (C=O) groups is 6. The monoisotopic (exact) mass is 1130 g/mol.